The van der Waals surface area contributed by atoms with Crippen molar-refractivity contribution in [2.75, 3.05) is 0 Å². The van der Waals surface area contributed by atoms with Crippen LogP contribution in [-0.2, 0) is 6.61 Å². The van der Waals surface area contributed by atoms with E-state index in [4.69, 9.17) is 16.3 Å². The quantitative estimate of drug-likeness (QED) is 0.782. The van der Waals surface area contributed by atoms with Crippen LogP contribution in [-0.4, -0.2) is 0 Å². The standard InChI is InChI=1S/C15H14ClFO/c1-10-5-3-6-11(2)15(10)18-9-12-7-4-8-13(17)14(12)16/h3-8H,9H2,1-2H3. The van der Waals surface area contributed by atoms with Crippen molar-refractivity contribution in [3.8, 4) is 5.75 Å². The highest BCUT2D eigenvalue weighted by Crippen LogP contribution is 2.26. The van der Waals surface area contributed by atoms with Gasteiger partial charge in [0.1, 0.15) is 18.2 Å². The summed E-state index contributed by atoms with van der Waals surface area (Å²) in [5, 5.41) is 0.128. The first-order chi connectivity index (χ1) is 8.59. The van der Waals surface area contributed by atoms with Crippen molar-refractivity contribution in [1.82, 2.24) is 0 Å². The summed E-state index contributed by atoms with van der Waals surface area (Å²) in [4.78, 5) is 0. The molecule has 0 aliphatic heterocycles. The van der Waals surface area contributed by atoms with Gasteiger partial charge in [-0.05, 0) is 31.0 Å². The summed E-state index contributed by atoms with van der Waals surface area (Å²) in [6.07, 6.45) is 0. The van der Waals surface area contributed by atoms with E-state index in [-0.39, 0.29) is 11.6 Å². The first-order valence-corrected chi connectivity index (χ1v) is 6.09. The van der Waals surface area contributed by atoms with Crippen LogP contribution in [0.15, 0.2) is 36.4 Å². The third-order valence-electron chi connectivity index (χ3n) is 2.81. The Bertz CT molecular complexity index is 546. The van der Waals surface area contributed by atoms with Gasteiger partial charge in [-0.3, -0.25) is 0 Å². The van der Waals surface area contributed by atoms with Crippen molar-refractivity contribution >= 4 is 11.6 Å². The van der Waals surface area contributed by atoms with Crippen LogP contribution in [0, 0.1) is 19.7 Å². The lowest BCUT2D eigenvalue weighted by molar-refractivity contribution is 0.301. The Morgan fingerprint density at radius 3 is 2.33 bits per heavy atom. The molecule has 94 valence electrons. The van der Waals surface area contributed by atoms with Gasteiger partial charge in [-0.25, -0.2) is 4.39 Å². The number of para-hydroxylation sites is 1. The number of rotatable bonds is 3. The molecule has 0 aromatic heterocycles. The van der Waals surface area contributed by atoms with Crippen LogP contribution >= 0.6 is 11.6 Å². The molecule has 2 rings (SSSR count). The van der Waals surface area contributed by atoms with Gasteiger partial charge in [0.25, 0.3) is 0 Å². The first kappa shape index (κ1) is 12.9. The molecule has 2 aromatic carbocycles. The van der Waals surface area contributed by atoms with E-state index in [1.54, 1.807) is 12.1 Å². The van der Waals surface area contributed by atoms with E-state index in [0.29, 0.717) is 5.56 Å². The lowest BCUT2D eigenvalue weighted by Crippen LogP contribution is -2.00. The fourth-order valence-corrected chi connectivity index (χ4v) is 2.02. The minimum absolute atomic E-state index is 0.128. The van der Waals surface area contributed by atoms with Crippen molar-refractivity contribution in [2.24, 2.45) is 0 Å². The Morgan fingerprint density at radius 2 is 1.67 bits per heavy atom. The predicted molar refractivity (Wildman–Crippen MR) is 71.7 cm³/mol. The van der Waals surface area contributed by atoms with Gasteiger partial charge >= 0.3 is 0 Å². The van der Waals surface area contributed by atoms with Crippen molar-refractivity contribution in [3.05, 3.63) is 63.9 Å². The summed E-state index contributed by atoms with van der Waals surface area (Å²) >= 11 is 5.88. The van der Waals surface area contributed by atoms with Crippen LogP contribution in [0.25, 0.3) is 0 Å². The fraction of sp³-hybridized carbons (Fsp3) is 0.200. The van der Waals surface area contributed by atoms with Crippen LogP contribution in [0.1, 0.15) is 16.7 Å². The summed E-state index contributed by atoms with van der Waals surface area (Å²) in [7, 11) is 0. The Morgan fingerprint density at radius 1 is 1.06 bits per heavy atom. The lowest BCUT2D eigenvalue weighted by atomic mass is 10.1. The monoisotopic (exact) mass is 264 g/mol. The molecule has 0 saturated heterocycles. The van der Waals surface area contributed by atoms with E-state index in [0.717, 1.165) is 16.9 Å². The van der Waals surface area contributed by atoms with E-state index < -0.39 is 5.82 Å². The zero-order valence-electron chi connectivity index (χ0n) is 10.3. The third-order valence-corrected chi connectivity index (χ3v) is 3.24. The van der Waals surface area contributed by atoms with Gasteiger partial charge in [-0.2, -0.15) is 0 Å². The van der Waals surface area contributed by atoms with Crippen LogP contribution in [0.4, 0.5) is 4.39 Å². The van der Waals surface area contributed by atoms with E-state index in [2.05, 4.69) is 0 Å². The highest BCUT2D eigenvalue weighted by molar-refractivity contribution is 6.31. The molecule has 0 N–H and O–H groups in total. The minimum atomic E-state index is -0.417. The molecule has 0 amide bonds. The van der Waals surface area contributed by atoms with Gasteiger partial charge in [-0.1, -0.05) is 41.9 Å². The molecule has 0 heterocycles. The molecule has 0 saturated carbocycles. The van der Waals surface area contributed by atoms with Gasteiger partial charge in [-0.15, -0.1) is 0 Å². The maximum Gasteiger partial charge on any atom is 0.142 e. The fourth-order valence-electron chi connectivity index (χ4n) is 1.84. The Balaban J connectivity index is 2.19. The maximum atomic E-state index is 13.3. The Hall–Kier alpha value is -1.54. The Labute approximate surface area is 111 Å². The third kappa shape index (κ3) is 2.65. The highest BCUT2D eigenvalue weighted by Gasteiger charge is 2.08. The van der Waals surface area contributed by atoms with Crippen molar-refractivity contribution in [3.63, 3.8) is 0 Å². The van der Waals surface area contributed by atoms with E-state index in [1.807, 2.05) is 32.0 Å². The lowest BCUT2D eigenvalue weighted by Gasteiger charge is -2.12. The molecule has 1 nitrogen and oxygen atoms in total. The summed E-state index contributed by atoms with van der Waals surface area (Å²) in [6.45, 7) is 4.23. The van der Waals surface area contributed by atoms with E-state index in [9.17, 15) is 4.39 Å². The van der Waals surface area contributed by atoms with Crippen molar-refractivity contribution < 1.29 is 9.13 Å². The Kier molecular flexibility index (Phi) is 3.87. The number of halogens is 2. The molecule has 0 atom stereocenters. The summed E-state index contributed by atoms with van der Waals surface area (Å²) < 4.78 is 19.0. The zero-order chi connectivity index (χ0) is 13.1. The molecule has 0 aliphatic carbocycles. The predicted octanol–water partition coefficient (Wildman–Crippen LogP) is 4.67. The number of hydrogen-bond donors (Lipinski definition) is 0. The maximum absolute atomic E-state index is 13.3. The molecule has 18 heavy (non-hydrogen) atoms. The molecule has 2 aromatic rings. The summed E-state index contributed by atoms with van der Waals surface area (Å²) in [6, 6.07) is 10.7. The van der Waals surface area contributed by atoms with E-state index in [1.165, 1.54) is 6.07 Å². The molecule has 0 fully saturated rings. The molecule has 3 heteroatoms. The number of benzene rings is 2. The molecule has 0 radical (unpaired) electrons. The van der Waals surface area contributed by atoms with Crippen LogP contribution in [0.5, 0.6) is 5.75 Å². The largest absolute Gasteiger partial charge is 0.488 e. The van der Waals surface area contributed by atoms with Crippen LogP contribution < -0.4 is 4.74 Å². The average Bonchev–Trinajstić information content (AvgIpc) is 2.33. The second kappa shape index (κ2) is 5.40. The average molecular weight is 265 g/mol. The van der Waals surface area contributed by atoms with Gasteiger partial charge in [0.2, 0.25) is 0 Å². The number of aryl methyl sites for hydroxylation is 2. The van der Waals surface area contributed by atoms with E-state index >= 15 is 0 Å². The smallest absolute Gasteiger partial charge is 0.142 e. The summed E-state index contributed by atoms with van der Waals surface area (Å²) in [5.41, 5.74) is 2.77. The number of ether oxygens (including phenoxy) is 1. The van der Waals surface area contributed by atoms with Crippen molar-refractivity contribution in [1.29, 1.82) is 0 Å². The van der Waals surface area contributed by atoms with Gasteiger partial charge in [0.05, 0.1) is 5.02 Å². The zero-order valence-corrected chi connectivity index (χ0v) is 11.1. The van der Waals surface area contributed by atoms with Gasteiger partial charge in [0, 0.05) is 5.56 Å². The SMILES string of the molecule is Cc1cccc(C)c1OCc1cccc(F)c1Cl. The normalized spacial score (nSPS) is 10.4. The summed E-state index contributed by atoms with van der Waals surface area (Å²) in [5.74, 6) is 0.414. The minimum Gasteiger partial charge on any atom is -0.488 e. The molecule has 0 bridgehead atoms. The van der Waals surface area contributed by atoms with Crippen molar-refractivity contribution in [2.45, 2.75) is 20.5 Å². The molecule has 0 unspecified atom stereocenters. The second-order valence-corrected chi connectivity index (χ2v) is 4.60. The molecule has 0 spiro atoms. The van der Waals surface area contributed by atoms with Gasteiger partial charge in [0.15, 0.2) is 0 Å². The van der Waals surface area contributed by atoms with Crippen LogP contribution in [0.3, 0.4) is 0 Å². The molecule has 0 aliphatic rings. The first-order valence-electron chi connectivity index (χ1n) is 5.71. The second-order valence-electron chi connectivity index (χ2n) is 4.22. The van der Waals surface area contributed by atoms with Gasteiger partial charge < -0.3 is 4.74 Å². The molecular weight excluding hydrogens is 251 g/mol. The number of hydrogen-bond acceptors (Lipinski definition) is 1. The topological polar surface area (TPSA) is 9.23 Å². The highest BCUT2D eigenvalue weighted by atomic mass is 35.5. The molecular formula is C15H14ClFO. The van der Waals surface area contributed by atoms with Crippen LogP contribution in [0.2, 0.25) is 5.02 Å².